The molecule has 0 saturated heterocycles. The Hall–Kier alpha value is -2.57. The van der Waals surface area contributed by atoms with Crippen molar-refractivity contribution < 1.29 is 14.6 Å². The topological polar surface area (TPSA) is 140 Å². The molecule has 5 N–H and O–H groups in total. The maximum atomic E-state index is 9.34. The standard InChI is InChI=1S/C15H16BrN5O3/c1-2-23-11-5-8(10(16)6-12(11)24-4-3-22)13-9(7-17)14(18)21-15(19)20-13/h5-6,22H,2-4H2,1H3,(H4,18,19,20,21). The third kappa shape index (κ3) is 3.67. The van der Waals surface area contributed by atoms with Crippen molar-refractivity contribution in [1.82, 2.24) is 9.97 Å². The van der Waals surface area contributed by atoms with Gasteiger partial charge in [0.05, 0.1) is 18.9 Å². The minimum Gasteiger partial charge on any atom is -0.490 e. The van der Waals surface area contributed by atoms with Gasteiger partial charge in [0, 0.05) is 10.0 Å². The van der Waals surface area contributed by atoms with Gasteiger partial charge < -0.3 is 26.0 Å². The third-order valence-electron chi connectivity index (χ3n) is 3.00. The lowest BCUT2D eigenvalue weighted by Gasteiger charge is -2.15. The second-order valence-corrected chi connectivity index (χ2v) is 5.44. The fourth-order valence-corrected chi connectivity index (χ4v) is 2.56. The van der Waals surface area contributed by atoms with E-state index in [9.17, 15) is 5.26 Å². The number of nitrogens with two attached hydrogens (primary N) is 2. The van der Waals surface area contributed by atoms with E-state index in [-0.39, 0.29) is 30.5 Å². The van der Waals surface area contributed by atoms with Crippen LogP contribution in [0.1, 0.15) is 12.5 Å². The Bertz CT molecular complexity index is 792. The first-order valence-electron chi connectivity index (χ1n) is 7.05. The average Bonchev–Trinajstić information content (AvgIpc) is 2.54. The van der Waals surface area contributed by atoms with Gasteiger partial charge in [-0.15, -0.1) is 0 Å². The van der Waals surface area contributed by atoms with Gasteiger partial charge in [-0.2, -0.15) is 10.2 Å². The predicted molar refractivity (Wildman–Crippen MR) is 92.5 cm³/mol. The number of aliphatic hydroxyl groups excluding tert-OH is 1. The van der Waals surface area contributed by atoms with Crippen molar-refractivity contribution in [3.8, 4) is 28.8 Å². The lowest BCUT2D eigenvalue weighted by atomic mass is 10.1. The predicted octanol–water partition coefficient (Wildman–Crippen LogP) is 1.71. The highest BCUT2D eigenvalue weighted by Gasteiger charge is 2.19. The summed E-state index contributed by atoms with van der Waals surface area (Å²) in [5.41, 5.74) is 12.4. The van der Waals surface area contributed by atoms with Crippen LogP contribution in [0.15, 0.2) is 16.6 Å². The Kier molecular flexibility index (Phi) is 5.78. The van der Waals surface area contributed by atoms with Crippen molar-refractivity contribution >= 4 is 27.7 Å². The number of nitrogen functional groups attached to an aromatic ring is 2. The number of aromatic nitrogens is 2. The summed E-state index contributed by atoms with van der Waals surface area (Å²) in [6, 6.07) is 5.33. The number of aliphatic hydroxyl groups is 1. The van der Waals surface area contributed by atoms with Crippen molar-refractivity contribution in [2.24, 2.45) is 0 Å². The summed E-state index contributed by atoms with van der Waals surface area (Å²) in [5, 5.41) is 18.3. The molecule has 0 radical (unpaired) electrons. The van der Waals surface area contributed by atoms with Gasteiger partial charge in [0.25, 0.3) is 0 Å². The van der Waals surface area contributed by atoms with Crippen molar-refractivity contribution in [3.05, 3.63) is 22.2 Å². The molecule has 8 nitrogen and oxygen atoms in total. The van der Waals surface area contributed by atoms with Crippen LogP contribution in [0.5, 0.6) is 11.5 Å². The van der Waals surface area contributed by atoms with Gasteiger partial charge in [0.1, 0.15) is 24.1 Å². The number of halogens is 1. The van der Waals surface area contributed by atoms with Gasteiger partial charge in [-0.25, -0.2) is 4.98 Å². The number of benzene rings is 1. The molecule has 9 heteroatoms. The molecule has 126 valence electrons. The Morgan fingerprint density at radius 1 is 1.25 bits per heavy atom. The molecule has 1 aromatic carbocycles. The maximum Gasteiger partial charge on any atom is 0.222 e. The number of ether oxygens (including phenoxy) is 2. The first-order chi connectivity index (χ1) is 11.5. The summed E-state index contributed by atoms with van der Waals surface area (Å²) in [6.45, 7) is 2.25. The van der Waals surface area contributed by atoms with Gasteiger partial charge in [0.2, 0.25) is 5.95 Å². The number of hydrogen-bond donors (Lipinski definition) is 3. The van der Waals surface area contributed by atoms with Gasteiger partial charge in [0.15, 0.2) is 11.5 Å². The molecule has 0 aliphatic rings. The summed E-state index contributed by atoms with van der Waals surface area (Å²) in [4.78, 5) is 7.93. The van der Waals surface area contributed by atoms with Crippen LogP contribution < -0.4 is 20.9 Å². The molecule has 2 rings (SSSR count). The van der Waals surface area contributed by atoms with Crippen LogP contribution >= 0.6 is 15.9 Å². The maximum absolute atomic E-state index is 9.34. The van der Waals surface area contributed by atoms with E-state index < -0.39 is 0 Å². The van der Waals surface area contributed by atoms with E-state index in [1.165, 1.54) is 0 Å². The molecule has 0 unspecified atom stereocenters. The van der Waals surface area contributed by atoms with E-state index in [0.29, 0.717) is 33.8 Å². The summed E-state index contributed by atoms with van der Waals surface area (Å²) in [7, 11) is 0. The van der Waals surface area contributed by atoms with Crippen LogP contribution in [-0.4, -0.2) is 34.9 Å². The lowest BCUT2D eigenvalue weighted by Crippen LogP contribution is -2.07. The van der Waals surface area contributed by atoms with E-state index in [4.69, 9.17) is 26.0 Å². The molecule has 0 aliphatic heterocycles. The minimum atomic E-state index is -0.123. The monoisotopic (exact) mass is 393 g/mol. The molecule has 1 heterocycles. The largest absolute Gasteiger partial charge is 0.490 e. The fourth-order valence-electron chi connectivity index (χ4n) is 2.05. The summed E-state index contributed by atoms with van der Waals surface area (Å²) >= 11 is 3.42. The molecule has 0 amide bonds. The molecule has 0 aliphatic carbocycles. The Balaban J connectivity index is 2.63. The second-order valence-electron chi connectivity index (χ2n) is 4.59. The Labute approximate surface area is 147 Å². The van der Waals surface area contributed by atoms with Crippen LogP contribution in [0.25, 0.3) is 11.3 Å². The number of nitrogens with zero attached hydrogens (tertiary/aromatic N) is 3. The van der Waals surface area contributed by atoms with E-state index in [0.717, 1.165) is 0 Å². The van der Waals surface area contributed by atoms with Crippen LogP contribution in [0.2, 0.25) is 0 Å². The normalized spacial score (nSPS) is 10.2. The quantitative estimate of drug-likeness (QED) is 0.673. The molecule has 2 aromatic rings. The second kappa shape index (κ2) is 7.81. The number of anilines is 2. The molecule has 0 bridgehead atoms. The zero-order valence-electron chi connectivity index (χ0n) is 12.9. The summed E-state index contributed by atoms with van der Waals surface area (Å²) < 4.78 is 11.6. The Morgan fingerprint density at radius 2 is 1.96 bits per heavy atom. The first-order valence-corrected chi connectivity index (χ1v) is 7.84. The van der Waals surface area contributed by atoms with Gasteiger partial charge in [-0.05, 0) is 35.0 Å². The zero-order chi connectivity index (χ0) is 17.7. The van der Waals surface area contributed by atoms with E-state index in [1.807, 2.05) is 13.0 Å². The fraction of sp³-hybridized carbons (Fsp3) is 0.267. The third-order valence-corrected chi connectivity index (χ3v) is 3.66. The number of rotatable bonds is 6. The van der Waals surface area contributed by atoms with E-state index in [2.05, 4.69) is 25.9 Å². The molecular formula is C15H16BrN5O3. The summed E-state index contributed by atoms with van der Waals surface area (Å²) in [5.74, 6) is 0.872. The highest BCUT2D eigenvalue weighted by Crippen LogP contribution is 2.40. The van der Waals surface area contributed by atoms with Gasteiger partial charge >= 0.3 is 0 Å². The first kappa shape index (κ1) is 17.8. The molecule has 0 atom stereocenters. The Morgan fingerprint density at radius 3 is 2.58 bits per heavy atom. The van der Waals surface area contributed by atoms with Crippen LogP contribution in [-0.2, 0) is 0 Å². The average molecular weight is 394 g/mol. The van der Waals surface area contributed by atoms with E-state index >= 15 is 0 Å². The van der Waals surface area contributed by atoms with Crippen molar-refractivity contribution in [2.75, 3.05) is 31.3 Å². The van der Waals surface area contributed by atoms with E-state index in [1.54, 1.807) is 12.1 Å². The number of hydrogen-bond acceptors (Lipinski definition) is 8. The van der Waals surface area contributed by atoms with Gasteiger partial charge in [-0.3, -0.25) is 0 Å². The molecule has 0 spiro atoms. The van der Waals surface area contributed by atoms with Crippen LogP contribution in [0.4, 0.5) is 11.8 Å². The van der Waals surface area contributed by atoms with Crippen LogP contribution in [0, 0.1) is 11.3 Å². The van der Waals surface area contributed by atoms with Crippen molar-refractivity contribution in [1.29, 1.82) is 5.26 Å². The van der Waals surface area contributed by atoms with Gasteiger partial charge in [-0.1, -0.05) is 0 Å². The molecular weight excluding hydrogens is 378 g/mol. The highest BCUT2D eigenvalue weighted by atomic mass is 79.9. The molecule has 0 fully saturated rings. The lowest BCUT2D eigenvalue weighted by molar-refractivity contribution is 0.194. The SMILES string of the molecule is CCOc1cc(-c2nc(N)nc(N)c2C#N)c(Br)cc1OCCO. The molecule has 24 heavy (non-hydrogen) atoms. The molecule has 0 saturated carbocycles. The zero-order valence-corrected chi connectivity index (χ0v) is 14.5. The number of nitriles is 1. The van der Waals surface area contributed by atoms with Crippen molar-refractivity contribution in [3.63, 3.8) is 0 Å². The van der Waals surface area contributed by atoms with Crippen LogP contribution in [0.3, 0.4) is 0 Å². The minimum absolute atomic E-state index is 0.00506. The summed E-state index contributed by atoms with van der Waals surface area (Å²) in [6.07, 6.45) is 0. The van der Waals surface area contributed by atoms with Crippen molar-refractivity contribution in [2.45, 2.75) is 6.92 Å². The highest BCUT2D eigenvalue weighted by molar-refractivity contribution is 9.10. The smallest absolute Gasteiger partial charge is 0.222 e. The molecule has 1 aromatic heterocycles.